The minimum absolute atomic E-state index is 0.0158. The molecule has 6 heteroatoms. The van der Waals surface area contributed by atoms with E-state index in [0.29, 0.717) is 12.8 Å². The van der Waals surface area contributed by atoms with Crippen molar-refractivity contribution in [3.05, 3.63) is 48.1 Å². The third-order valence-electron chi connectivity index (χ3n) is 5.49. The van der Waals surface area contributed by atoms with Gasteiger partial charge in [0.05, 0.1) is 13.2 Å². The molecule has 1 heterocycles. The summed E-state index contributed by atoms with van der Waals surface area (Å²) in [4.78, 5) is 36.2. The number of methoxy groups -OCH3 is 1. The zero-order valence-corrected chi connectivity index (χ0v) is 16.6. The van der Waals surface area contributed by atoms with E-state index in [4.69, 9.17) is 9.47 Å². The zero-order valence-electron chi connectivity index (χ0n) is 16.6. The molecule has 6 nitrogen and oxygen atoms in total. The van der Waals surface area contributed by atoms with Crippen LogP contribution in [0.1, 0.15) is 31.7 Å². The number of allylic oxidation sites excluding steroid dienone is 1. The molecular formula is C23H26O6. The SMILES string of the molecule is COc1ccc(/C=C/C(=O)CC(C)C(=O)[C@H]2C[C@@H]2[C@H](O)[C@H]2CC=CC(=O)O2)cc1. The van der Waals surface area contributed by atoms with E-state index in [-0.39, 0.29) is 29.8 Å². The molecule has 0 radical (unpaired) electrons. The van der Waals surface area contributed by atoms with Gasteiger partial charge in [-0.3, -0.25) is 9.59 Å². The predicted octanol–water partition coefficient (Wildman–Crippen LogP) is 2.74. The number of benzene rings is 1. The number of aliphatic hydroxyl groups excluding tert-OH is 1. The minimum atomic E-state index is -0.851. The number of ether oxygens (including phenoxy) is 2. The Morgan fingerprint density at radius 1 is 1.31 bits per heavy atom. The molecule has 0 spiro atoms. The normalized spacial score (nSPS) is 25.3. The molecule has 29 heavy (non-hydrogen) atoms. The van der Waals surface area contributed by atoms with E-state index in [9.17, 15) is 19.5 Å². The van der Waals surface area contributed by atoms with Crippen LogP contribution >= 0.6 is 0 Å². The van der Waals surface area contributed by atoms with E-state index in [2.05, 4.69) is 0 Å². The Bertz CT molecular complexity index is 822. The second-order valence-corrected chi connectivity index (χ2v) is 7.69. The fourth-order valence-electron chi connectivity index (χ4n) is 3.68. The van der Waals surface area contributed by atoms with Crippen molar-refractivity contribution in [2.24, 2.45) is 17.8 Å². The monoisotopic (exact) mass is 398 g/mol. The zero-order chi connectivity index (χ0) is 21.0. The van der Waals surface area contributed by atoms with E-state index < -0.39 is 24.1 Å². The second kappa shape index (κ2) is 9.18. The van der Waals surface area contributed by atoms with Crippen molar-refractivity contribution in [1.29, 1.82) is 0 Å². The van der Waals surface area contributed by atoms with Gasteiger partial charge in [0, 0.05) is 30.8 Å². The van der Waals surface area contributed by atoms with Gasteiger partial charge in [-0.2, -0.15) is 0 Å². The highest BCUT2D eigenvalue weighted by molar-refractivity contribution is 5.97. The first-order valence-corrected chi connectivity index (χ1v) is 9.83. The van der Waals surface area contributed by atoms with Crippen LogP contribution in [0.25, 0.3) is 6.08 Å². The van der Waals surface area contributed by atoms with Gasteiger partial charge in [0.1, 0.15) is 17.6 Å². The third kappa shape index (κ3) is 5.41. The van der Waals surface area contributed by atoms with Gasteiger partial charge in [-0.1, -0.05) is 31.2 Å². The summed E-state index contributed by atoms with van der Waals surface area (Å²) in [5.41, 5.74) is 0.875. The third-order valence-corrected chi connectivity index (χ3v) is 5.49. The largest absolute Gasteiger partial charge is 0.497 e. The van der Waals surface area contributed by atoms with E-state index in [1.165, 1.54) is 12.2 Å². The number of hydrogen-bond donors (Lipinski definition) is 1. The second-order valence-electron chi connectivity index (χ2n) is 7.69. The lowest BCUT2D eigenvalue weighted by Gasteiger charge is -2.24. The maximum atomic E-state index is 12.6. The highest BCUT2D eigenvalue weighted by Crippen LogP contribution is 2.45. The van der Waals surface area contributed by atoms with Gasteiger partial charge in [0.25, 0.3) is 0 Å². The van der Waals surface area contributed by atoms with Crippen molar-refractivity contribution in [3.63, 3.8) is 0 Å². The highest BCUT2D eigenvalue weighted by Gasteiger charge is 2.51. The van der Waals surface area contributed by atoms with E-state index in [1.807, 2.05) is 24.3 Å². The summed E-state index contributed by atoms with van der Waals surface area (Å²) in [6.07, 6.45) is 5.92. The van der Waals surface area contributed by atoms with Gasteiger partial charge in [0.2, 0.25) is 0 Å². The van der Waals surface area contributed by atoms with Crippen molar-refractivity contribution in [3.8, 4) is 5.75 Å². The molecule has 1 unspecified atom stereocenters. The Balaban J connectivity index is 1.47. The van der Waals surface area contributed by atoms with Gasteiger partial charge in [-0.25, -0.2) is 4.79 Å². The molecule has 2 aliphatic rings. The van der Waals surface area contributed by atoms with Gasteiger partial charge < -0.3 is 14.6 Å². The van der Waals surface area contributed by atoms with Crippen molar-refractivity contribution in [2.45, 2.75) is 38.4 Å². The predicted molar refractivity (Wildman–Crippen MR) is 107 cm³/mol. The number of aliphatic hydroxyl groups is 1. The molecule has 0 saturated heterocycles. The summed E-state index contributed by atoms with van der Waals surface area (Å²) in [5.74, 6) is -0.760. The summed E-state index contributed by atoms with van der Waals surface area (Å²) in [6.45, 7) is 1.74. The first kappa shape index (κ1) is 21.0. The summed E-state index contributed by atoms with van der Waals surface area (Å²) in [7, 11) is 1.59. The first-order valence-electron chi connectivity index (χ1n) is 9.83. The molecule has 1 N–H and O–H groups in total. The van der Waals surface area contributed by atoms with Crippen LogP contribution in [0.3, 0.4) is 0 Å². The summed E-state index contributed by atoms with van der Waals surface area (Å²) in [6, 6.07) is 7.32. The van der Waals surface area contributed by atoms with Crippen molar-refractivity contribution in [1.82, 2.24) is 0 Å². The molecule has 1 fully saturated rings. The molecule has 0 aromatic heterocycles. The number of hydrogen-bond acceptors (Lipinski definition) is 6. The molecular weight excluding hydrogens is 372 g/mol. The Hall–Kier alpha value is -2.73. The maximum Gasteiger partial charge on any atom is 0.330 e. The maximum absolute atomic E-state index is 12.6. The summed E-state index contributed by atoms with van der Waals surface area (Å²) in [5, 5.41) is 10.4. The van der Waals surface area contributed by atoms with Gasteiger partial charge in [0.15, 0.2) is 5.78 Å². The Labute approximate surface area is 170 Å². The van der Waals surface area contributed by atoms with Gasteiger partial charge in [-0.15, -0.1) is 0 Å². The number of carbonyl (C=O) groups excluding carboxylic acids is 3. The topological polar surface area (TPSA) is 89.9 Å². The van der Waals surface area contributed by atoms with Crippen LogP contribution in [-0.2, 0) is 19.1 Å². The Morgan fingerprint density at radius 2 is 2.03 bits per heavy atom. The molecule has 3 rings (SSSR count). The number of Topliss-reactive ketones (excluding diaryl/α,β-unsaturated/α-hetero) is 1. The Kier molecular flexibility index (Phi) is 6.64. The molecule has 0 bridgehead atoms. The highest BCUT2D eigenvalue weighted by atomic mass is 16.6. The minimum Gasteiger partial charge on any atom is -0.497 e. The quantitative estimate of drug-likeness (QED) is 0.508. The standard InChI is InChI=1S/C23H26O6/c1-14(12-16(24)9-6-15-7-10-17(28-2)11-8-15)22(26)18-13-19(18)23(27)20-4-3-5-21(25)29-20/h3,5-11,14,18-20,23,27H,4,12-13H2,1-2H3/b9-6+/t14?,18-,19-,20+,23-/m0/s1. The number of ketones is 2. The average molecular weight is 398 g/mol. The molecule has 0 amide bonds. The summed E-state index contributed by atoms with van der Waals surface area (Å²) < 4.78 is 10.2. The first-order chi connectivity index (χ1) is 13.9. The van der Waals surface area contributed by atoms with Crippen molar-refractivity contribution >= 4 is 23.6 Å². The van der Waals surface area contributed by atoms with E-state index >= 15 is 0 Å². The summed E-state index contributed by atoms with van der Waals surface area (Å²) >= 11 is 0. The smallest absolute Gasteiger partial charge is 0.330 e. The molecule has 154 valence electrons. The molecule has 1 saturated carbocycles. The number of esters is 1. The van der Waals surface area contributed by atoms with Crippen LogP contribution in [0.4, 0.5) is 0 Å². The molecule has 1 aliphatic carbocycles. The fourth-order valence-corrected chi connectivity index (χ4v) is 3.68. The average Bonchev–Trinajstić information content (AvgIpc) is 3.52. The van der Waals surface area contributed by atoms with Crippen LogP contribution in [0.15, 0.2) is 42.5 Å². The van der Waals surface area contributed by atoms with Crippen LogP contribution in [0.2, 0.25) is 0 Å². The van der Waals surface area contributed by atoms with Crippen LogP contribution < -0.4 is 4.74 Å². The van der Waals surface area contributed by atoms with Crippen LogP contribution in [0, 0.1) is 17.8 Å². The van der Waals surface area contributed by atoms with Crippen molar-refractivity contribution in [2.75, 3.05) is 7.11 Å². The molecule has 5 atom stereocenters. The number of carbonyl (C=O) groups is 3. The lowest BCUT2D eigenvalue weighted by molar-refractivity contribution is -0.151. The lowest BCUT2D eigenvalue weighted by Crippen LogP contribution is -2.35. The van der Waals surface area contributed by atoms with Crippen LogP contribution in [0.5, 0.6) is 5.75 Å². The van der Waals surface area contributed by atoms with Gasteiger partial charge >= 0.3 is 5.97 Å². The Morgan fingerprint density at radius 3 is 2.69 bits per heavy atom. The number of rotatable bonds is 9. The number of cyclic esters (lactones) is 1. The van der Waals surface area contributed by atoms with Crippen LogP contribution in [-0.4, -0.2) is 42.0 Å². The van der Waals surface area contributed by atoms with E-state index in [0.717, 1.165) is 11.3 Å². The van der Waals surface area contributed by atoms with Gasteiger partial charge in [-0.05, 0) is 36.1 Å². The van der Waals surface area contributed by atoms with Crippen molar-refractivity contribution < 1.29 is 29.0 Å². The molecule has 1 aromatic rings. The fraction of sp³-hybridized carbons (Fsp3) is 0.435. The molecule has 1 aliphatic heterocycles. The lowest BCUT2D eigenvalue weighted by atomic mass is 9.93. The molecule has 1 aromatic carbocycles. The van der Waals surface area contributed by atoms with E-state index in [1.54, 1.807) is 26.2 Å².